The maximum Gasteiger partial charge on any atom is 0.250 e. The molecule has 148 valence electrons. The second-order valence-corrected chi connectivity index (χ2v) is 6.81. The van der Waals surface area contributed by atoms with Crippen LogP contribution in [0.2, 0.25) is 0 Å². The molecule has 1 amide bonds. The molecule has 1 rings (SSSR count). The Morgan fingerprint density at radius 3 is 2.23 bits per heavy atom. The Labute approximate surface area is 159 Å². The van der Waals surface area contributed by atoms with Crippen LogP contribution in [-0.2, 0) is 9.53 Å². The highest BCUT2D eigenvalue weighted by Crippen LogP contribution is 2.18. The van der Waals surface area contributed by atoms with Crippen molar-refractivity contribution in [2.24, 2.45) is 0 Å². The van der Waals surface area contributed by atoms with Crippen LogP contribution in [0, 0.1) is 0 Å². The van der Waals surface area contributed by atoms with Gasteiger partial charge < -0.3 is 14.8 Å². The molecule has 0 aliphatic carbocycles. The van der Waals surface area contributed by atoms with Gasteiger partial charge in [0.2, 0.25) is 5.91 Å². The number of unbranched alkanes of at least 4 members (excludes halogenated alkanes) is 8. The fourth-order valence-electron chi connectivity index (χ4n) is 2.73. The molecule has 4 heteroatoms. The molecule has 4 nitrogen and oxygen atoms in total. The molecule has 1 N–H and O–H groups in total. The molecule has 0 bridgehead atoms. The summed E-state index contributed by atoms with van der Waals surface area (Å²) in [6.07, 6.45) is 12.1. The topological polar surface area (TPSA) is 47.6 Å². The normalized spacial score (nSPS) is 10.7. The Bertz CT molecular complexity index is 476. The zero-order chi connectivity index (χ0) is 18.9. The zero-order valence-corrected chi connectivity index (χ0v) is 16.7. The standard InChI is InChI=1S/C22H37NO3/c1-3-5-7-9-11-16-25-19-22(24)23-20-14-13-15-21(18-20)26-17-12-10-8-6-4-2/h13-15,18H,3-12,16-17,19H2,1-2H3,(H,23,24). The molecule has 0 fully saturated rings. The summed E-state index contributed by atoms with van der Waals surface area (Å²) in [5.41, 5.74) is 0.755. The monoisotopic (exact) mass is 363 g/mol. The highest BCUT2D eigenvalue weighted by molar-refractivity contribution is 5.91. The predicted molar refractivity (Wildman–Crippen MR) is 109 cm³/mol. The molecule has 0 spiro atoms. The second-order valence-electron chi connectivity index (χ2n) is 6.81. The van der Waals surface area contributed by atoms with Gasteiger partial charge in [-0.25, -0.2) is 0 Å². The predicted octanol–water partition coefficient (Wildman–Crippen LogP) is 5.96. The van der Waals surface area contributed by atoms with Crippen LogP contribution in [0.4, 0.5) is 5.69 Å². The van der Waals surface area contributed by atoms with Gasteiger partial charge in [-0.15, -0.1) is 0 Å². The van der Waals surface area contributed by atoms with E-state index in [9.17, 15) is 4.79 Å². The average molecular weight is 364 g/mol. The SMILES string of the molecule is CCCCCCCOCC(=O)Nc1cccc(OCCCCCCC)c1. The molecule has 0 radical (unpaired) electrons. The van der Waals surface area contributed by atoms with Crippen molar-refractivity contribution < 1.29 is 14.3 Å². The summed E-state index contributed by atoms with van der Waals surface area (Å²) in [7, 11) is 0. The molecule has 26 heavy (non-hydrogen) atoms. The number of amides is 1. The lowest BCUT2D eigenvalue weighted by atomic mass is 10.2. The van der Waals surface area contributed by atoms with E-state index in [1.807, 2.05) is 24.3 Å². The lowest BCUT2D eigenvalue weighted by molar-refractivity contribution is -0.120. The zero-order valence-electron chi connectivity index (χ0n) is 16.7. The van der Waals surface area contributed by atoms with Crippen LogP contribution in [-0.4, -0.2) is 25.7 Å². The van der Waals surface area contributed by atoms with Crippen LogP contribution >= 0.6 is 0 Å². The first-order valence-electron chi connectivity index (χ1n) is 10.4. The van der Waals surface area contributed by atoms with Gasteiger partial charge >= 0.3 is 0 Å². The van der Waals surface area contributed by atoms with E-state index in [-0.39, 0.29) is 12.5 Å². The summed E-state index contributed by atoms with van der Waals surface area (Å²) in [5, 5.41) is 2.87. The van der Waals surface area contributed by atoms with E-state index in [1.54, 1.807) is 0 Å². The van der Waals surface area contributed by atoms with Crippen LogP contribution in [0.25, 0.3) is 0 Å². The molecule has 0 aliphatic rings. The molecule has 0 saturated heterocycles. The van der Waals surface area contributed by atoms with E-state index in [0.29, 0.717) is 6.61 Å². The molecule has 1 aromatic rings. The van der Waals surface area contributed by atoms with Crippen molar-refractivity contribution in [3.05, 3.63) is 24.3 Å². The third kappa shape index (κ3) is 11.9. The van der Waals surface area contributed by atoms with Crippen LogP contribution < -0.4 is 10.1 Å². The Hall–Kier alpha value is -1.55. The number of hydrogen-bond donors (Lipinski definition) is 1. The smallest absolute Gasteiger partial charge is 0.250 e. The highest BCUT2D eigenvalue weighted by Gasteiger charge is 2.04. The average Bonchev–Trinajstić information content (AvgIpc) is 2.64. The number of nitrogens with one attached hydrogen (secondary N) is 1. The van der Waals surface area contributed by atoms with Crippen molar-refractivity contribution in [2.45, 2.75) is 78.1 Å². The molecule has 0 atom stereocenters. The number of hydrogen-bond acceptors (Lipinski definition) is 3. The van der Waals surface area contributed by atoms with Crippen molar-refractivity contribution in [2.75, 3.05) is 25.1 Å². The Morgan fingerprint density at radius 1 is 0.885 bits per heavy atom. The third-order valence-electron chi connectivity index (χ3n) is 4.26. The molecular weight excluding hydrogens is 326 g/mol. The van der Waals surface area contributed by atoms with Gasteiger partial charge in [0, 0.05) is 18.4 Å². The molecule has 0 heterocycles. The minimum absolute atomic E-state index is 0.107. The van der Waals surface area contributed by atoms with Gasteiger partial charge in [-0.1, -0.05) is 71.3 Å². The van der Waals surface area contributed by atoms with E-state index in [0.717, 1.165) is 30.9 Å². The number of anilines is 1. The fourth-order valence-corrected chi connectivity index (χ4v) is 2.73. The Morgan fingerprint density at radius 2 is 1.54 bits per heavy atom. The minimum atomic E-state index is -0.115. The van der Waals surface area contributed by atoms with Gasteiger partial charge in [0.15, 0.2) is 0 Å². The molecule has 1 aromatic carbocycles. The van der Waals surface area contributed by atoms with Gasteiger partial charge in [0.05, 0.1) is 6.61 Å². The molecule has 0 unspecified atom stereocenters. The Kier molecular flexibility index (Phi) is 13.6. The maximum atomic E-state index is 11.9. The quantitative estimate of drug-likeness (QED) is 0.369. The lowest BCUT2D eigenvalue weighted by Crippen LogP contribution is -2.18. The maximum absolute atomic E-state index is 11.9. The summed E-state index contributed by atoms with van der Waals surface area (Å²) in [6.45, 7) is 5.90. The van der Waals surface area contributed by atoms with E-state index >= 15 is 0 Å². The summed E-state index contributed by atoms with van der Waals surface area (Å²) in [6, 6.07) is 7.57. The van der Waals surface area contributed by atoms with Crippen molar-refractivity contribution in [3.8, 4) is 5.75 Å². The van der Waals surface area contributed by atoms with Crippen LogP contribution in [0.1, 0.15) is 78.1 Å². The number of carbonyl (C=O) groups excluding carboxylic acids is 1. The summed E-state index contributed by atoms with van der Waals surface area (Å²) >= 11 is 0. The van der Waals surface area contributed by atoms with Gasteiger partial charge in [-0.05, 0) is 25.0 Å². The van der Waals surface area contributed by atoms with Gasteiger partial charge in [-0.3, -0.25) is 4.79 Å². The first-order chi connectivity index (χ1) is 12.8. The van der Waals surface area contributed by atoms with Crippen LogP contribution in [0.3, 0.4) is 0 Å². The second kappa shape index (κ2) is 15.7. The number of ether oxygens (including phenoxy) is 2. The van der Waals surface area contributed by atoms with E-state index < -0.39 is 0 Å². The number of benzene rings is 1. The highest BCUT2D eigenvalue weighted by atomic mass is 16.5. The minimum Gasteiger partial charge on any atom is -0.494 e. The summed E-state index contributed by atoms with van der Waals surface area (Å²) in [5.74, 6) is 0.686. The number of rotatable bonds is 16. The first kappa shape index (κ1) is 22.5. The van der Waals surface area contributed by atoms with Crippen molar-refractivity contribution in [1.29, 1.82) is 0 Å². The summed E-state index contributed by atoms with van der Waals surface area (Å²) in [4.78, 5) is 11.9. The largest absolute Gasteiger partial charge is 0.494 e. The van der Waals surface area contributed by atoms with Gasteiger partial charge in [0.25, 0.3) is 0 Å². The number of carbonyl (C=O) groups is 1. The Balaban J connectivity index is 2.16. The lowest BCUT2D eigenvalue weighted by Gasteiger charge is -2.09. The van der Waals surface area contributed by atoms with E-state index in [4.69, 9.17) is 9.47 Å². The summed E-state index contributed by atoms with van der Waals surface area (Å²) < 4.78 is 11.2. The molecule has 0 aliphatic heterocycles. The van der Waals surface area contributed by atoms with Crippen LogP contribution in [0.5, 0.6) is 5.75 Å². The van der Waals surface area contributed by atoms with E-state index in [1.165, 1.54) is 51.4 Å². The third-order valence-corrected chi connectivity index (χ3v) is 4.26. The molecule has 0 saturated carbocycles. The van der Waals surface area contributed by atoms with Gasteiger partial charge in [-0.2, -0.15) is 0 Å². The molecular formula is C22H37NO3. The van der Waals surface area contributed by atoms with Crippen molar-refractivity contribution in [1.82, 2.24) is 0 Å². The van der Waals surface area contributed by atoms with Gasteiger partial charge in [0.1, 0.15) is 12.4 Å². The van der Waals surface area contributed by atoms with Crippen LogP contribution in [0.15, 0.2) is 24.3 Å². The fraction of sp³-hybridized carbons (Fsp3) is 0.682. The first-order valence-corrected chi connectivity index (χ1v) is 10.4. The van der Waals surface area contributed by atoms with E-state index in [2.05, 4.69) is 19.2 Å². The van der Waals surface area contributed by atoms with Crippen molar-refractivity contribution in [3.63, 3.8) is 0 Å². The van der Waals surface area contributed by atoms with Crippen molar-refractivity contribution >= 4 is 11.6 Å². The molecule has 0 aromatic heterocycles.